The smallest absolute Gasteiger partial charge is 0.303 e. The van der Waals surface area contributed by atoms with Crippen LogP contribution in [-0.2, 0) is 17.8 Å². The monoisotopic (exact) mass is 285 g/mol. The van der Waals surface area contributed by atoms with Crippen LogP contribution < -0.4 is 5.56 Å². The topological polar surface area (TPSA) is 59.3 Å². The van der Waals surface area contributed by atoms with Gasteiger partial charge in [0.1, 0.15) is 0 Å². The van der Waals surface area contributed by atoms with Gasteiger partial charge in [-0.2, -0.15) is 0 Å². The quantitative estimate of drug-likeness (QED) is 0.919. The number of hydrogen-bond acceptors (Lipinski definition) is 2. The fraction of sp³-hybridized carbons (Fsp3) is 0.294. The SMILES string of the molecule is CCn1c(-c2ccc(C)cc2)ccc(CCC(=O)O)c1=O. The molecule has 21 heavy (non-hydrogen) atoms. The van der Waals surface area contributed by atoms with Gasteiger partial charge in [0.25, 0.3) is 5.56 Å². The molecule has 1 N–H and O–H groups in total. The number of hydrogen-bond donors (Lipinski definition) is 1. The van der Waals surface area contributed by atoms with Crippen molar-refractivity contribution in [1.82, 2.24) is 4.57 Å². The largest absolute Gasteiger partial charge is 0.481 e. The number of aromatic nitrogens is 1. The third-order valence-corrected chi connectivity index (χ3v) is 3.52. The summed E-state index contributed by atoms with van der Waals surface area (Å²) >= 11 is 0. The van der Waals surface area contributed by atoms with Crippen molar-refractivity contribution in [2.24, 2.45) is 0 Å². The van der Waals surface area contributed by atoms with Crippen LogP contribution in [0.5, 0.6) is 0 Å². The van der Waals surface area contributed by atoms with Gasteiger partial charge in [0.2, 0.25) is 0 Å². The minimum absolute atomic E-state index is 0.0250. The first-order valence-corrected chi connectivity index (χ1v) is 7.04. The van der Waals surface area contributed by atoms with Crippen LogP contribution in [0.25, 0.3) is 11.3 Å². The van der Waals surface area contributed by atoms with Gasteiger partial charge in [0, 0.05) is 18.5 Å². The van der Waals surface area contributed by atoms with Crippen molar-refractivity contribution in [3.05, 3.63) is 57.9 Å². The van der Waals surface area contributed by atoms with Crippen LogP contribution in [0.15, 0.2) is 41.2 Å². The Labute approximate surface area is 123 Å². The number of aliphatic carboxylic acids is 1. The second-order valence-electron chi connectivity index (χ2n) is 5.05. The van der Waals surface area contributed by atoms with Gasteiger partial charge in [0.15, 0.2) is 0 Å². The molecule has 0 atom stereocenters. The lowest BCUT2D eigenvalue weighted by molar-refractivity contribution is -0.136. The minimum atomic E-state index is -0.889. The van der Waals surface area contributed by atoms with Crippen LogP contribution in [0.1, 0.15) is 24.5 Å². The Morgan fingerprint density at radius 3 is 2.38 bits per heavy atom. The Balaban J connectivity index is 2.44. The highest BCUT2D eigenvalue weighted by Crippen LogP contribution is 2.19. The number of benzene rings is 1. The third kappa shape index (κ3) is 3.40. The second-order valence-corrected chi connectivity index (χ2v) is 5.05. The summed E-state index contributed by atoms with van der Waals surface area (Å²) in [6.07, 6.45) is 0.241. The molecule has 0 saturated carbocycles. The van der Waals surface area contributed by atoms with Crippen molar-refractivity contribution < 1.29 is 9.90 Å². The Bertz CT molecular complexity index is 699. The van der Waals surface area contributed by atoms with E-state index < -0.39 is 5.97 Å². The lowest BCUT2D eigenvalue weighted by Crippen LogP contribution is -2.24. The van der Waals surface area contributed by atoms with E-state index in [9.17, 15) is 9.59 Å². The summed E-state index contributed by atoms with van der Waals surface area (Å²) in [5.74, 6) is -0.889. The van der Waals surface area contributed by atoms with Crippen molar-refractivity contribution >= 4 is 5.97 Å². The lowest BCUT2D eigenvalue weighted by Gasteiger charge is -2.13. The van der Waals surface area contributed by atoms with Crippen LogP contribution in [-0.4, -0.2) is 15.6 Å². The van der Waals surface area contributed by atoms with Gasteiger partial charge in [-0.1, -0.05) is 35.9 Å². The fourth-order valence-corrected chi connectivity index (χ4v) is 2.35. The summed E-state index contributed by atoms with van der Waals surface area (Å²) in [7, 11) is 0. The zero-order chi connectivity index (χ0) is 15.4. The number of carboxylic acids is 1. The molecule has 2 aromatic rings. The molecule has 0 saturated heterocycles. The predicted octanol–water partition coefficient (Wildman–Crippen LogP) is 2.86. The van der Waals surface area contributed by atoms with E-state index in [0.717, 1.165) is 11.3 Å². The maximum absolute atomic E-state index is 12.4. The normalized spacial score (nSPS) is 10.6. The van der Waals surface area contributed by atoms with E-state index in [1.165, 1.54) is 5.56 Å². The van der Waals surface area contributed by atoms with Crippen molar-refractivity contribution in [3.63, 3.8) is 0 Å². The summed E-state index contributed by atoms with van der Waals surface area (Å²) in [5.41, 5.74) is 3.47. The van der Waals surface area contributed by atoms with E-state index in [2.05, 4.69) is 0 Å². The first kappa shape index (κ1) is 15.0. The maximum atomic E-state index is 12.4. The molecule has 0 aliphatic heterocycles. The van der Waals surface area contributed by atoms with E-state index in [0.29, 0.717) is 12.1 Å². The average Bonchev–Trinajstić information content (AvgIpc) is 2.46. The molecule has 1 heterocycles. The molecule has 0 amide bonds. The Morgan fingerprint density at radius 1 is 1.14 bits per heavy atom. The van der Waals surface area contributed by atoms with Gasteiger partial charge in [-0.05, 0) is 31.9 Å². The summed E-state index contributed by atoms with van der Waals surface area (Å²) in [5, 5.41) is 8.74. The molecule has 110 valence electrons. The Hall–Kier alpha value is -2.36. The van der Waals surface area contributed by atoms with Gasteiger partial charge >= 0.3 is 5.97 Å². The van der Waals surface area contributed by atoms with Crippen molar-refractivity contribution in [2.75, 3.05) is 0 Å². The zero-order valence-electron chi connectivity index (χ0n) is 12.3. The summed E-state index contributed by atoms with van der Waals surface area (Å²) in [6, 6.07) is 11.6. The number of nitrogens with zero attached hydrogens (tertiary/aromatic N) is 1. The third-order valence-electron chi connectivity index (χ3n) is 3.52. The average molecular weight is 285 g/mol. The Morgan fingerprint density at radius 2 is 1.81 bits per heavy atom. The molecule has 0 spiro atoms. The van der Waals surface area contributed by atoms with Gasteiger partial charge < -0.3 is 9.67 Å². The molecule has 1 aromatic heterocycles. The molecule has 0 unspecified atom stereocenters. The molecule has 1 aromatic carbocycles. The van der Waals surface area contributed by atoms with Crippen LogP contribution in [0, 0.1) is 6.92 Å². The molecule has 4 heteroatoms. The molecular formula is C17H19NO3. The molecule has 0 fully saturated rings. The Kier molecular flexibility index (Phi) is 4.58. The first-order chi connectivity index (χ1) is 10.0. The van der Waals surface area contributed by atoms with Gasteiger partial charge in [-0.15, -0.1) is 0 Å². The highest BCUT2D eigenvalue weighted by molar-refractivity contribution is 5.67. The first-order valence-electron chi connectivity index (χ1n) is 7.04. The lowest BCUT2D eigenvalue weighted by atomic mass is 10.1. The number of pyridine rings is 1. The molecule has 0 aliphatic carbocycles. The van der Waals surface area contributed by atoms with Crippen LogP contribution in [0.3, 0.4) is 0 Å². The highest BCUT2D eigenvalue weighted by atomic mass is 16.4. The maximum Gasteiger partial charge on any atom is 0.303 e. The summed E-state index contributed by atoms with van der Waals surface area (Å²) in [6.45, 7) is 4.49. The molecule has 2 rings (SSSR count). The molecule has 0 aliphatic rings. The van der Waals surface area contributed by atoms with Crippen molar-refractivity contribution in [2.45, 2.75) is 33.2 Å². The van der Waals surface area contributed by atoms with Crippen LogP contribution >= 0.6 is 0 Å². The van der Waals surface area contributed by atoms with Gasteiger partial charge in [-0.25, -0.2) is 0 Å². The molecule has 0 radical (unpaired) electrons. The van der Waals surface area contributed by atoms with Gasteiger partial charge in [-0.3, -0.25) is 9.59 Å². The zero-order valence-corrected chi connectivity index (χ0v) is 12.3. The minimum Gasteiger partial charge on any atom is -0.481 e. The molecular weight excluding hydrogens is 266 g/mol. The van der Waals surface area contributed by atoms with E-state index in [1.807, 2.05) is 44.2 Å². The number of rotatable bonds is 5. The van der Waals surface area contributed by atoms with Crippen LogP contribution in [0.4, 0.5) is 0 Å². The van der Waals surface area contributed by atoms with E-state index in [4.69, 9.17) is 5.11 Å². The second kappa shape index (κ2) is 6.39. The predicted molar refractivity (Wildman–Crippen MR) is 82.5 cm³/mol. The summed E-state index contributed by atoms with van der Waals surface area (Å²) < 4.78 is 1.70. The van der Waals surface area contributed by atoms with E-state index in [-0.39, 0.29) is 18.4 Å². The van der Waals surface area contributed by atoms with E-state index >= 15 is 0 Å². The van der Waals surface area contributed by atoms with Crippen molar-refractivity contribution in [1.29, 1.82) is 0 Å². The highest BCUT2D eigenvalue weighted by Gasteiger charge is 2.10. The molecule has 0 bridgehead atoms. The van der Waals surface area contributed by atoms with E-state index in [1.54, 1.807) is 10.6 Å². The number of carbonyl (C=O) groups is 1. The van der Waals surface area contributed by atoms with Gasteiger partial charge in [0.05, 0.1) is 5.69 Å². The van der Waals surface area contributed by atoms with Crippen LogP contribution in [0.2, 0.25) is 0 Å². The number of carboxylic acid groups (broad SMARTS) is 1. The fourth-order valence-electron chi connectivity index (χ4n) is 2.35. The molecule has 4 nitrogen and oxygen atoms in total. The van der Waals surface area contributed by atoms with Crippen molar-refractivity contribution in [3.8, 4) is 11.3 Å². The number of aryl methyl sites for hydroxylation is 2. The summed E-state index contributed by atoms with van der Waals surface area (Å²) in [4.78, 5) is 23.1. The standard InChI is InChI=1S/C17H19NO3/c1-3-18-15(13-6-4-12(2)5-7-13)10-8-14(17(18)21)9-11-16(19)20/h4-8,10H,3,9,11H2,1-2H3,(H,19,20).